The van der Waals surface area contributed by atoms with E-state index < -0.39 is 0 Å². The van der Waals surface area contributed by atoms with Crippen molar-refractivity contribution >= 4 is 29.1 Å². The zero-order valence-electron chi connectivity index (χ0n) is 17.3. The van der Waals surface area contributed by atoms with Gasteiger partial charge < -0.3 is 16.0 Å². The van der Waals surface area contributed by atoms with Gasteiger partial charge in [-0.05, 0) is 73.1 Å². The van der Waals surface area contributed by atoms with Crippen molar-refractivity contribution in [1.29, 1.82) is 5.26 Å². The summed E-state index contributed by atoms with van der Waals surface area (Å²) in [7, 11) is 0. The molecule has 1 aromatic heterocycles. The Hall–Kier alpha value is -3.73. The molecule has 0 aliphatic heterocycles. The SMILES string of the molecule is N#Cc1ccc(C(=O)N(CCCN)Cc2cc(NC(=O)c3cccnc3)ccc2Cl)cc1. The first kappa shape index (κ1) is 22.9. The molecule has 3 rings (SSSR count). The number of anilines is 1. The zero-order valence-corrected chi connectivity index (χ0v) is 18.0. The van der Waals surface area contributed by atoms with Crippen LogP contribution in [0.1, 0.15) is 38.3 Å². The van der Waals surface area contributed by atoms with Crippen molar-refractivity contribution in [3.63, 3.8) is 0 Å². The molecule has 32 heavy (non-hydrogen) atoms. The van der Waals surface area contributed by atoms with E-state index in [1.54, 1.807) is 65.7 Å². The molecule has 2 amide bonds. The van der Waals surface area contributed by atoms with Gasteiger partial charge in [-0.25, -0.2) is 0 Å². The Morgan fingerprint density at radius 2 is 1.91 bits per heavy atom. The van der Waals surface area contributed by atoms with Crippen molar-refractivity contribution in [1.82, 2.24) is 9.88 Å². The maximum Gasteiger partial charge on any atom is 0.257 e. The van der Waals surface area contributed by atoms with Gasteiger partial charge in [0.25, 0.3) is 11.8 Å². The number of pyridine rings is 1. The molecule has 8 heteroatoms. The fourth-order valence-corrected chi connectivity index (χ4v) is 3.26. The first-order chi connectivity index (χ1) is 15.5. The van der Waals surface area contributed by atoms with Crippen LogP contribution in [0.2, 0.25) is 5.02 Å². The molecule has 0 spiro atoms. The number of nitrogens with two attached hydrogens (primary N) is 1. The molecule has 0 fully saturated rings. The maximum absolute atomic E-state index is 13.1. The topological polar surface area (TPSA) is 112 Å². The monoisotopic (exact) mass is 447 g/mol. The van der Waals surface area contributed by atoms with Crippen molar-refractivity contribution in [2.45, 2.75) is 13.0 Å². The Morgan fingerprint density at radius 1 is 1.12 bits per heavy atom. The van der Waals surface area contributed by atoms with Crippen molar-refractivity contribution in [2.75, 3.05) is 18.4 Å². The van der Waals surface area contributed by atoms with E-state index in [2.05, 4.69) is 10.3 Å². The number of hydrogen-bond donors (Lipinski definition) is 2. The molecule has 3 N–H and O–H groups in total. The minimum Gasteiger partial charge on any atom is -0.334 e. The minimum absolute atomic E-state index is 0.191. The Balaban J connectivity index is 1.80. The van der Waals surface area contributed by atoms with Gasteiger partial charge in [0.15, 0.2) is 0 Å². The number of hydrogen-bond acceptors (Lipinski definition) is 5. The summed E-state index contributed by atoms with van der Waals surface area (Å²) in [5, 5.41) is 12.3. The van der Waals surface area contributed by atoms with Crippen LogP contribution in [0, 0.1) is 11.3 Å². The van der Waals surface area contributed by atoms with Crippen LogP contribution in [0.3, 0.4) is 0 Å². The van der Waals surface area contributed by atoms with Gasteiger partial charge in [0, 0.05) is 41.8 Å². The van der Waals surface area contributed by atoms with Crippen LogP contribution in [0.4, 0.5) is 5.69 Å². The number of nitriles is 1. The molecule has 0 aliphatic carbocycles. The third-order valence-electron chi connectivity index (χ3n) is 4.77. The van der Waals surface area contributed by atoms with Gasteiger partial charge in [-0.3, -0.25) is 14.6 Å². The fourth-order valence-electron chi connectivity index (χ4n) is 3.08. The number of aromatic nitrogens is 1. The highest BCUT2D eigenvalue weighted by molar-refractivity contribution is 6.31. The van der Waals surface area contributed by atoms with E-state index >= 15 is 0 Å². The number of amides is 2. The van der Waals surface area contributed by atoms with E-state index in [1.165, 1.54) is 6.20 Å². The molecule has 0 aliphatic rings. The predicted molar refractivity (Wildman–Crippen MR) is 123 cm³/mol. The van der Waals surface area contributed by atoms with Crippen LogP contribution in [0.25, 0.3) is 0 Å². The van der Waals surface area contributed by atoms with Gasteiger partial charge >= 0.3 is 0 Å². The fraction of sp³-hybridized carbons (Fsp3) is 0.167. The molecule has 2 aromatic carbocycles. The van der Waals surface area contributed by atoms with Gasteiger partial charge in [-0.1, -0.05) is 11.6 Å². The Labute approximate surface area is 191 Å². The number of nitrogens with zero attached hydrogens (tertiary/aromatic N) is 3. The second-order valence-corrected chi connectivity index (χ2v) is 7.47. The molecule has 0 unspecified atom stereocenters. The average Bonchev–Trinajstić information content (AvgIpc) is 2.83. The highest BCUT2D eigenvalue weighted by atomic mass is 35.5. The summed E-state index contributed by atoms with van der Waals surface area (Å²) in [5.41, 5.74) is 8.29. The molecular formula is C24H22ClN5O2. The van der Waals surface area contributed by atoms with Gasteiger partial charge in [-0.2, -0.15) is 5.26 Å². The van der Waals surface area contributed by atoms with Crippen LogP contribution in [0.5, 0.6) is 0 Å². The van der Waals surface area contributed by atoms with Crippen LogP contribution < -0.4 is 11.1 Å². The summed E-state index contributed by atoms with van der Waals surface area (Å²) >= 11 is 6.40. The Bertz CT molecular complexity index is 1130. The molecule has 162 valence electrons. The van der Waals surface area contributed by atoms with E-state index in [1.807, 2.05) is 6.07 Å². The normalized spacial score (nSPS) is 10.3. The lowest BCUT2D eigenvalue weighted by Gasteiger charge is -2.24. The smallest absolute Gasteiger partial charge is 0.257 e. The lowest BCUT2D eigenvalue weighted by Crippen LogP contribution is -2.32. The van der Waals surface area contributed by atoms with Gasteiger partial charge in [0.2, 0.25) is 0 Å². The van der Waals surface area contributed by atoms with Crippen molar-refractivity contribution < 1.29 is 9.59 Å². The van der Waals surface area contributed by atoms with Crippen molar-refractivity contribution in [2.24, 2.45) is 5.73 Å². The van der Waals surface area contributed by atoms with Crippen LogP contribution in [-0.4, -0.2) is 34.8 Å². The Morgan fingerprint density at radius 3 is 2.56 bits per heavy atom. The summed E-state index contributed by atoms with van der Waals surface area (Å²) in [6, 6.07) is 17.0. The third kappa shape index (κ3) is 5.91. The van der Waals surface area contributed by atoms with Crippen molar-refractivity contribution in [3.8, 4) is 6.07 Å². The maximum atomic E-state index is 13.1. The summed E-state index contributed by atoms with van der Waals surface area (Å²) in [4.78, 5) is 31.1. The summed E-state index contributed by atoms with van der Waals surface area (Å²) < 4.78 is 0. The number of halogens is 1. The summed E-state index contributed by atoms with van der Waals surface area (Å²) in [6.45, 7) is 1.12. The van der Waals surface area contributed by atoms with Gasteiger partial charge in [0.1, 0.15) is 0 Å². The van der Waals surface area contributed by atoms with Crippen molar-refractivity contribution in [3.05, 3.63) is 94.3 Å². The number of nitrogens with one attached hydrogen (secondary N) is 1. The molecule has 0 radical (unpaired) electrons. The van der Waals surface area contributed by atoms with E-state index in [4.69, 9.17) is 22.6 Å². The minimum atomic E-state index is -0.292. The number of carbonyl (C=O) groups is 2. The third-order valence-corrected chi connectivity index (χ3v) is 5.14. The number of carbonyl (C=O) groups excluding carboxylic acids is 2. The van der Waals surface area contributed by atoms with E-state index in [9.17, 15) is 9.59 Å². The number of rotatable bonds is 8. The molecule has 7 nitrogen and oxygen atoms in total. The first-order valence-corrected chi connectivity index (χ1v) is 10.4. The van der Waals surface area contributed by atoms with E-state index in [0.717, 1.165) is 0 Å². The lowest BCUT2D eigenvalue weighted by molar-refractivity contribution is 0.0742. The van der Waals surface area contributed by atoms with E-state index in [0.29, 0.717) is 52.5 Å². The molecule has 0 saturated heterocycles. The first-order valence-electron chi connectivity index (χ1n) is 10.0. The lowest BCUT2D eigenvalue weighted by atomic mass is 10.1. The molecule has 0 atom stereocenters. The Kier molecular flexibility index (Phi) is 7.92. The summed E-state index contributed by atoms with van der Waals surface area (Å²) in [6.07, 6.45) is 3.70. The largest absolute Gasteiger partial charge is 0.334 e. The van der Waals surface area contributed by atoms with Gasteiger partial charge in [0.05, 0.1) is 17.2 Å². The molecule has 0 saturated carbocycles. The quantitative estimate of drug-likeness (QED) is 0.544. The zero-order chi connectivity index (χ0) is 22.9. The van der Waals surface area contributed by atoms with Crippen LogP contribution in [0.15, 0.2) is 67.0 Å². The second-order valence-electron chi connectivity index (χ2n) is 7.06. The molecule has 3 aromatic rings. The summed E-state index contributed by atoms with van der Waals surface area (Å²) in [5.74, 6) is -0.483. The highest BCUT2D eigenvalue weighted by Crippen LogP contribution is 2.24. The highest BCUT2D eigenvalue weighted by Gasteiger charge is 2.18. The van der Waals surface area contributed by atoms with Crippen LogP contribution >= 0.6 is 11.6 Å². The molecule has 1 heterocycles. The molecule has 0 bridgehead atoms. The molecular weight excluding hydrogens is 426 g/mol. The van der Waals surface area contributed by atoms with Crippen LogP contribution in [-0.2, 0) is 6.54 Å². The number of benzene rings is 2. The predicted octanol–water partition coefficient (Wildman–Crippen LogP) is 3.85. The standard InChI is InChI=1S/C24H22ClN5O2/c25-22-9-8-21(29-23(31)19-3-1-11-28-15-19)13-20(22)16-30(12-2-10-26)24(32)18-6-4-17(14-27)5-7-18/h1,3-9,11,13,15H,2,10,12,16,26H2,(H,29,31). The average molecular weight is 448 g/mol. The second kappa shape index (κ2) is 11.0. The van der Waals surface area contributed by atoms with Gasteiger partial charge in [-0.15, -0.1) is 0 Å². The van der Waals surface area contributed by atoms with E-state index in [-0.39, 0.29) is 18.4 Å².